The van der Waals surface area contributed by atoms with Gasteiger partial charge >= 0.3 is 0 Å². The molecule has 1 saturated heterocycles. The third kappa shape index (κ3) is 3.53. The highest BCUT2D eigenvalue weighted by atomic mass is 35.5. The van der Waals surface area contributed by atoms with E-state index in [1.807, 2.05) is 10.7 Å². The number of hydrogen-bond acceptors (Lipinski definition) is 4. The van der Waals surface area contributed by atoms with E-state index < -0.39 is 0 Å². The molecule has 0 spiro atoms. The summed E-state index contributed by atoms with van der Waals surface area (Å²) in [5.74, 6) is 3.33. The first-order valence-electron chi connectivity index (χ1n) is 9.95. The summed E-state index contributed by atoms with van der Waals surface area (Å²) < 4.78 is 1.96. The molecule has 0 unspecified atom stereocenters. The molecule has 5 nitrogen and oxygen atoms in total. The van der Waals surface area contributed by atoms with Gasteiger partial charge in [0.1, 0.15) is 17.2 Å². The molecule has 0 amide bonds. The fraction of sp³-hybridized carbons (Fsp3) is 0.476. The highest BCUT2D eigenvalue weighted by Crippen LogP contribution is 2.34. The van der Waals surface area contributed by atoms with Crippen LogP contribution in [0, 0.1) is 11.8 Å². The summed E-state index contributed by atoms with van der Waals surface area (Å²) in [4.78, 5) is 6.98. The topological polar surface area (TPSA) is 46.3 Å². The first-order valence-corrected chi connectivity index (χ1v) is 10.3. The van der Waals surface area contributed by atoms with Crippen molar-refractivity contribution in [3.05, 3.63) is 53.1 Å². The average molecular weight is 382 g/mol. The second-order valence-corrected chi connectivity index (χ2v) is 8.34. The molecule has 2 aliphatic rings. The molecule has 0 radical (unpaired) electrons. The van der Waals surface area contributed by atoms with Gasteiger partial charge in [0.2, 0.25) is 0 Å². The average Bonchev–Trinajstić information content (AvgIpc) is 3.42. The SMILES string of the molecule is Clc1c(N2CCC(Cc3ccccc3)CC2)ncn2c(CC3CC3)nnc12. The van der Waals surface area contributed by atoms with Gasteiger partial charge in [-0.1, -0.05) is 41.9 Å². The molecule has 0 bridgehead atoms. The minimum Gasteiger partial charge on any atom is -0.355 e. The van der Waals surface area contributed by atoms with E-state index in [0.717, 1.165) is 67.9 Å². The molecule has 2 fully saturated rings. The molecule has 0 N–H and O–H groups in total. The highest BCUT2D eigenvalue weighted by molar-refractivity contribution is 6.35. The summed E-state index contributed by atoms with van der Waals surface area (Å²) in [6.45, 7) is 1.98. The number of piperidine rings is 1. The standard InChI is InChI=1S/C21H24ClN5/c22-19-20(23-14-27-18(13-16-6-7-16)24-25-21(19)27)26-10-8-17(9-11-26)12-15-4-2-1-3-5-15/h1-5,14,16-17H,6-13H2. The number of anilines is 1. The minimum absolute atomic E-state index is 0.633. The van der Waals surface area contributed by atoms with Gasteiger partial charge in [-0.05, 0) is 49.5 Å². The Morgan fingerprint density at radius 2 is 1.67 bits per heavy atom. The van der Waals surface area contributed by atoms with Crippen LogP contribution in [0.3, 0.4) is 0 Å². The predicted molar refractivity (Wildman–Crippen MR) is 107 cm³/mol. The fourth-order valence-corrected chi connectivity index (χ4v) is 4.40. The summed E-state index contributed by atoms with van der Waals surface area (Å²) in [5, 5.41) is 9.32. The third-order valence-corrected chi connectivity index (χ3v) is 6.24. The van der Waals surface area contributed by atoms with Crippen molar-refractivity contribution in [3.63, 3.8) is 0 Å². The second kappa shape index (κ2) is 7.12. The van der Waals surface area contributed by atoms with E-state index in [1.54, 1.807) is 0 Å². The second-order valence-electron chi connectivity index (χ2n) is 7.96. The van der Waals surface area contributed by atoms with E-state index in [-0.39, 0.29) is 0 Å². The van der Waals surface area contributed by atoms with Crippen molar-refractivity contribution >= 4 is 23.1 Å². The number of rotatable bonds is 5. The Hall–Kier alpha value is -2.14. The number of halogens is 1. The molecule has 3 aromatic rings. The van der Waals surface area contributed by atoms with Crippen LogP contribution in [-0.4, -0.2) is 32.7 Å². The van der Waals surface area contributed by atoms with E-state index in [1.165, 1.54) is 18.4 Å². The quantitative estimate of drug-likeness (QED) is 0.664. The van der Waals surface area contributed by atoms with Crippen molar-refractivity contribution in [1.29, 1.82) is 0 Å². The molecule has 140 valence electrons. The highest BCUT2D eigenvalue weighted by Gasteiger charge is 2.26. The normalized spacial score (nSPS) is 18.3. The van der Waals surface area contributed by atoms with Gasteiger partial charge < -0.3 is 4.90 Å². The Morgan fingerprint density at radius 3 is 2.41 bits per heavy atom. The Bertz CT molecular complexity index is 926. The number of nitrogens with zero attached hydrogens (tertiary/aromatic N) is 5. The van der Waals surface area contributed by atoms with Gasteiger partial charge in [-0.2, -0.15) is 0 Å². The molecule has 1 aliphatic carbocycles. The van der Waals surface area contributed by atoms with E-state index in [2.05, 4.69) is 50.4 Å². The largest absolute Gasteiger partial charge is 0.355 e. The number of hydrogen-bond donors (Lipinski definition) is 0. The van der Waals surface area contributed by atoms with Crippen LogP contribution < -0.4 is 4.90 Å². The molecule has 6 heteroatoms. The summed E-state index contributed by atoms with van der Waals surface area (Å²) in [6.07, 6.45) is 8.91. The first-order chi connectivity index (χ1) is 13.3. The Labute approximate surface area is 164 Å². The summed E-state index contributed by atoms with van der Waals surface area (Å²) in [7, 11) is 0. The Balaban J connectivity index is 1.29. The van der Waals surface area contributed by atoms with Gasteiger partial charge in [0.05, 0.1) is 0 Å². The van der Waals surface area contributed by atoms with Crippen LogP contribution in [0.15, 0.2) is 36.7 Å². The monoisotopic (exact) mass is 381 g/mol. The summed E-state index contributed by atoms with van der Waals surface area (Å²) in [6, 6.07) is 10.8. The molecule has 5 rings (SSSR count). The lowest BCUT2D eigenvalue weighted by Gasteiger charge is -2.33. The summed E-state index contributed by atoms with van der Waals surface area (Å²) in [5.41, 5.74) is 2.17. The van der Waals surface area contributed by atoms with Crippen LogP contribution in [-0.2, 0) is 12.8 Å². The molecule has 1 saturated carbocycles. The maximum absolute atomic E-state index is 6.68. The predicted octanol–water partition coefficient (Wildman–Crippen LogP) is 4.19. The molecular formula is C21H24ClN5. The van der Waals surface area contributed by atoms with Crippen molar-refractivity contribution in [2.24, 2.45) is 11.8 Å². The fourth-order valence-electron chi connectivity index (χ4n) is 4.10. The number of aromatic nitrogens is 4. The van der Waals surface area contributed by atoms with Gasteiger partial charge in [0.15, 0.2) is 11.5 Å². The van der Waals surface area contributed by atoms with Gasteiger partial charge in [-0.25, -0.2) is 4.98 Å². The first kappa shape index (κ1) is 17.0. The smallest absolute Gasteiger partial charge is 0.184 e. The lowest BCUT2D eigenvalue weighted by molar-refractivity contribution is 0.402. The Morgan fingerprint density at radius 1 is 0.926 bits per heavy atom. The van der Waals surface area contributed by atoms with Crippen molar-refractivity contribution in [2.75, 3.05) is 18.0 Å². The number of benzene rings is 1. The maximum Gasteiger partial charge on any atom is 0.184 e. The van der Waals surface area contributed by atoms with Gasteiger partial charge in [-0.3, -0.25) is 4.40 Å². The Kier molecular flexibility index (Phi) is 4.48. The lowest BCUT2D eigenvalue weighted by atomic mass is 9.90. The van der Waals surface area contributed by atoms with E-state index >= 15 is 0 Å². The van der Waals surface area contributed by atoms with Crippen LogP contribution in [0.2, 0.25) is 5.02 Å². The molecule has 1 aromatic carbocycles. The molecule has 0 atom stereocenters. The van der Waals surface area contributed by atoms with Gasteiger partial charge in [-0.15, -0.1) is 10.2 Å². The van der Waals surface area contributed by atoms with Crippen LogP contribution in [0.5, 0.6) is 0 Å². The molecule has 1 aliphatic heterocycles. The van der Waals surface area contributed by atoms with Crippen molar-refractivity contribution < 1.29 is 0 Å². The maximum atomic E-state index is 6.68. The molecule has 3 heterocycles. The molecular weight excluding hydrogens is 358 g/mol. The zero-order valence-corrected chi connectivity index (χ0v) is 16.1. The van der Waals surface area contributed by atoms with Crippen molar-refractivity contribution in [2.45, 2.75) is 38.5 Å². The van der Waals surface area contributed by atoms with Crippen LogP contribution in [0.25, 0.3) is 5.65 Å². The molecule has 2 aromatic heterocycles. The number of fused-ring (bicyclic) bond motifs is 1. The van der Waals surface area contributed by atoms with Crippen LogP contribution >= 0.6 is 11.6 Å². The zero-order chi connectivity index (χ0) is 18.2. The van der Waals surface area contributed by atoms with E-state index in [0.29, 0.717) is 5.02 Å². The zero-order valence-electron chi connectivity index (χ0n) is 15.4. The van der Waals surface area contributed by atoms with Crippen molar-refractivity contribution in [3.8, 4) is 0 Å². The van der Waals surface area contributed by atoms with E-state index in [4.69, 9.17) is 11.6 Å². The van der Waals surface area contributed by atoms with Gasteiger partial charge in [0, 0.05) is 19.5 Å². The molecule has 27 heavy (non-hydrogen) atoms. The minimum atomic E-state index is 0.633. The van der Waals surface area contributed by atoms with Crippen LogP contribution in [0.4, 0.5) is 5.82 Å². The summed E-state index contributed by atoms with van der Waals surface area (Å²) >= 11 is 6.68. The van der Waals surface area contributed by atoms with E-state index in [9.17, 15) is 0 Å². The van der Waals surface area contributed by atoms with Crippen molar-refractivity contribution in [1.82, 2.24) is 19.6 Å². The van der Waals surface area contributed by atoms with Crippen LogP contribution in [0.1, 0.15) is 37.1 Å². The lowest BCUT2D eigenvalue weighted by Crippen LogP contribution is -2.35. The van der Waals surface area contributed by atoms with Gasteiger partial charge in [0.25, 0.3) is 0 Å². The third-order valence-electron chi connectivity index (χ3n) is 5.90.